The van der Waals surface area contributed by atoms with E-state index < -0.39 is 43.3 Å². The molecule has 1 fully saturated rings. The Labute approximate surface area is 270 Å². The summed E-state index contributed by atoms with van der Waals surface area (Å²) in [6.45, 7) is 6.16. The van der Waals surface area contributed by atoms with Crippen molar-refractivity contribution < 1.29 is 34.7 Å². The van der Waals surface area contributed by atoms with Crippen LogP contribution < -0.4 is 0 Å². The third-order valence-electron chi connectivity index (χ3n) is 9.18. The Bertz CT molecular complexity index is 664. The second-order valence-electron chi connectivity index (χ2n) is 13.3. The normalized spacial score (nSPS) is 22.7. The second-order valence-corrected chi connectivity index (χ2v) is 13.3. The molecule has 1 aliphatic heterocycles. The number of unbranched alkanes of at least 4 members (excludes halogenated alkanes) is 21. The van der Waals surface area contributed by atoms with E-state index in [4.69, 9.17) is 9.47 Å². The Morgan fingerprint density at radius 2 is 1.05 bits per heavy atom. The van der Waals surface area contributed by atoms with Crippen molar-refractivity contribution in [2.45, 2.75) is 212 Å². The molecule has 1 heterocycles. The zero-order valence-corrected chi connectivity index (χ0v) is 28.8. The van der Waals surface area contributed by atoms with Gasteiger partial charge in [0.2, 0.25) is 0 Å². The largest absolute Gasteiger partial charge is 0.446 e. The van der Waals surface area contributed by atoms with E-state index in [1.165, 1.54) is 114 Å². The fourth-order valence-electron chi connectivity index (χ4n) is 6.18. The molecule has 4 N–H and O–H groups in total. The summed E-state index contributed by atoms with van der Waals surface area (Å²) in [5.74, 6) is 0. The smallest absolute Gasteiger partial charge is 0.412 e. The van der Waals surface area contributed by atoms with E-state index in [9.17, 15) is 25.2 Å². The van der Waals surface area contributed by atoms with Crippen molar-refractivity contribution in [3.05, 3.63) is 0 Å². The Hall–Kier alpha value is -0.930. The van der Waals surface area contributed by atoms with Gasteiger partial charge in [-0.1, -0.05) is 149 Å². The predicted octanol–water partition coefficient (Wildman–Crippen LogP) is 8.02. The minimum absolute atomic E-state index is 0.282. The summed E-state index contributed by atoms with van der Waals surface area (Å²) in [5, 5.41) is 40.9. The average Bonchev–Trinajstić information content (AvgIpc) is 3.01. The number of hydrogen-bond acceptors (Lipinski definition) is 7. The molecule has 2 unspecified atom stereocenters. The van der Waals surface area contributed by atoms with Crippen LogP contribution in [0, 0.1) is 0 Å². The molecule has 0 aliphatic carbocycles. The number of carbonyl (C=O) groups is 1. The average molecular weight is 630 g/mol. The summed E-state index contributed by atoms with van der Waals surface area (Å²) in [7, 11) is 0. The zero-order chi connectivity index (χ0) is 32.4. The van der Waals surface area contributed by atoms with Gasteiger partial charge in [0.1, 0.15) is 30.5 Å². The lowest BCUT2D eigenvalue weighted by Crippen LogP contribution is -2.64. The molecular weight excluding hydrogens is 558 g/mol. The van der Waals surface area contributed by atoms with E-state index >= 15 is 0 Å². The van der Waals surface area contributed by atoms with Crippen LogP contribution in [0.25, 0.3) is 0 Å². The lowest BCUT2D eigenvalue weighted by Gasteiger charge is -2.44. The number of nitrogens with zero attached hydrogens (tertiary/aromatic N) is 1. The first-order valence-electron chi connectivity index (χ1n) is 18.6. The monoisotopic (exact) mass is 630 g/mol. The van der Waals surface area contributed by atoms with Gasteiger partial charge < -0.3 is 29.9 Å². The first kappa shape index (κ1) is 41.1. The topological polar surface area (TPSA) is 120 Å². The quantitative estimate of drug-likeness (QED) is 0.0647. The highest BCUT2D eigenvalue weighted by Crippen LogP contribution is 2.25. The van der Waals surface area contributed by atoms with Gasteiger partial charge in [-0.15, -0.1) is 0 Å². The van der Waals surface area contributed by atoms with Gasteiger partial charge in [-0.05, 0) is 26.2 Å². The third kappa shape index (κ3) is 18.3. The van der Waals surface area contributed by atoms with Crippen LogP contribution in [0.2, 0.25) is 0 Å². The maximum absolute atomic E-state index is 13.3. The molecule has 0 aromatic rings. The van der Waals surface area contributed by atoms with Crippen LogP contribution in [-0.2, 0) is 9.47 Å². The van der Waals surface area contributed by atoms with E-state index in [2.05, 4.69) is 13.8 Å². The molecule has 0 aromatic carbocycles. The minimum atomic E-state index is -1.53. The van der Waals surface area contributed by atoms with Gasteiger partial charge >= 0.3 is 6.09 Å². The van der Waals surface area contributed by atoms with Crippen molar-refractivity contribution in [3.63, 3.8) is 0 Å². The first-order valence-corrected chi connectivity index (χ1v) is 18.6. The fraction of sp³-hybridized carbons (Fsp3) is 0.972. The summed E-state index contributed by atoms with van der Waals surface area (Å²) in [6.07, 6.45) is 21.4. The number of carbonyl (C=O) groups excluding carboxylic acids is 1. The molecule has 0 bridgehead atoms. The summed E-state index contributed by atoms with van der Waals surface area (Å²) in [4.78, 5) is 14.7. The van der Waals surface area contributed by atoms with E-state index in [-0.39, 0.29) is 6.10 Å². The van der Waals surface area contributed by atoms with Crippen LogP contribution in [0.15, 0.2) is 0 Å². The molecule has 8 heteroatoms. The molecule has 0 saturated carbocycles. The molecule has 1 rings (SSSR count). The summed E-state index contributed by atoms with van der Waals surface area (Å²) in [6, 6.07) is 0. The molecule has 44 heavy (non-hydrogen) atoms. The molecule has 0 spiro atoms. The standard InChI is InChI=1S/C36H71NO7/c1-4-6-8-10-12-14-16-17-18-19-21-23-25-27-30(3)43-36(42)37(28-26-24-22-20-15-13-11-9-7-5-2)35-34(41)33(40)32(39)31(29-38)44-35/h30-35,38-41H,4-29H2,1-3H3/t30?,31-,32-,33+,34-,35?/m1/s1. The number of aliphatic hydroxyl groups is 4. The van der Waals surface area contributed by atoms with E-state index in [1.807, 2.05) is 6.92 Å². The number of hydrogen-bond donors (Lipinski definition) is 4. The number of rotatable bonds is 28. The van der Waals surface area contributed by atoms with Crippen molar-refractivity contribution in [3.8, 4) is 0 Å². The molecule has 6 atom stereocenters. The SMILES string of the molecule is CCCCCCCCCCCCCCCC(C)OC(=O)N(CCCCCCCCCCCC)C1O[C@H](CO)[C@@H](O)[C@H](O)[C@H]1O. The van der Waals surface area contributed by atoms with Gasteiger partial charge in [-0.3, -0.25) is 4.90 Å². The van der Waals surface area contributed by atoms with Crippen LogP contribution >= 0.6 is 0 Å². The van der Waals surface area contributed by atoms with Crippen LogP contribution in [0.3, 0.4) is 0 Å². The third-order valence-corrected chi connectivity index (χ3v) is 9.18. The molecule has 1 amide bonds. The molecule has 0 radical (unpaired) electrons. The lowest BCUT2D eigenvalue weighted by atomic mass is 9.97. The molecular formula is C36H71NO7. The first-order chi connectivity index (χ1) is 21.4. The van der Waals surface area contributed by atoms with Crippen molar-refractivity contribution >= 4 is 6.09 Å². The molecule has 1 aliphatic rings. The highest BCUT2D eigenvalue weighted by molar-refractivity contribution is 5.68. The zero-order valence-electron chi connectivity index (χ0n) is 28.8. The number of ether oxygens (including phenoxy) is 2. The Kier molecular flexibility index (Phi) is 25.4. The van der Waals surface area contributed by atoms with Crippen molar-refractivity contribution in [1.82, 2.24) is 4.90 Å². The fourth-order valence-corrected chi connectivity index (χ4v) is 6.18. The summed E-state index contributed by atoms with van der Waals surface area (Å²) < 4.78 is 11.5. The van der Waals surface area contributed by atoms with Gasteiger partial charge in [0, 0.05) is 6.54 Å². The van der Waals surface area contributed by atoms with Crippen molar-refractivity contribution in [2.75, 3.05) is 13.2 Å². The van der Waals surface area contributed by atoms with Gasteiger partial charge in [-0.2, -0.15) is 0 Å². The number of amides is 1. The van der Waals surface area contributed by atoms with E-state index in [1.54, 1.807) is 0 Å². The minimum Gasteiger partial charge on any atom is -0.446 e. The lowest BCUT2D eigenvalue weighted by molar-refractivity contribution is -0.259. The molecule has 1 saturated heterocycles. The van der Waals surface area contributed by atoms with Crippen LogP contribution in [0.5, 0.6) is 0 Å². The Morgan fingerprint density at radius 1 is 0.636 bits per heavy atom. The van der Waals surface area contributed by atoms with Gasteiger partial charge in [-0.25, -0.2) is 4.79 Å². The van der Waals surface area contributed by atoms with Gasteiger partial charge in [0.05, 0.1) is 6.61 Å². The highest BCUT2D eigenvalue weighted by Gasteiger charge is 2.47. The predicted molar refractivity (Wildman–Crippen MR) is 179 cm³/mol. The molecule has 0 aromatic heterocycles. The highest BCUT2D eigenvalue weighted by atomic mass is 16.6. The number of aliphatic hydroxyl groups excluding tert-OH is 4. The van der Waals surface area contributed by atoms with Crippen LogP contribution in [-0.4, -0.2) is 81.3 Å². The van der Waals surface area contributed by atoms with E-state index in [0.29, 0.717) is 13.0 Å². The van der Waals surface area contributed by atoms with Gasteiger partial charge in [0.25, 0.3) is 0 Å². The summed E-state index contributed by atoms with van der Waals surface area (Å²) in [5.41, 5.74) is 0. The second kappa shape index (κ2) is 27.2. The maximum Gasteiger partial charge on any atom is 0.412 e. The van der Waals surface area contributed by atoms with Crippen LogP contribution in [0.1, 0.15) is 175 Å². The summed E-state index contributed by atoms with van der Waals surface area (Å²) >= 11 is 0. The van der Waals surface area contributed by atoms with Gasteiger partial charge in [0.15, 0.2) is 6.23 Å². The molecule has 262 valence electrons. The Morgan fingerprint density at radius 3 is 1.48 bits per heavy atom. The van der Waals surface area contributed by atoms with E-state index in [0.717, 1.165) is 38.5 Å². The van der Waals surface area contributed by atoms with Crippen LogP contribution in [0.4, 0.5) is 4.79 Å². The van der Waals surface area contributed by atoms with Crippen molar-refractivity contribution in [2.24, 2.45) is 0 Å². The Balaban J connectivity index is 2.42. The molecule has 8 nitrogen and oxygen atoms in total. The maximum atomic E-state index is 13.3. The van der Waals surface area contributed by atoms with Crippen molar-refractivity contribution in [1.29, 1.82) is 0 Å².